The molecule has 0 atom stereocenters. The van der Waals surface area contributed by atoms with E-state index in [2.05, 4.69) is 32.7 Å². The van der Waals surface area contributed by atoms with Gasteiger partial charge in [-0.2, -0.15) is 10.2 Å². The molecule has 6 nitrogen and oxygen atoms in total. The van der Waals surface area contributed by atoms with E-state index in [0.29, 0.717) is 17.2 Å². The first-order chi connectivity index (χ1) is 13.2. The zero-order valence-electron chi connectivity index (χ0n) is 15.4. The van der Waals surface area contributed by atoms with Gasteiger partial charge in [0.15, 0.2) is 0 Å². The minimum Gasteiger partial charge on any atom is -0.497 e. The molecule has 0 aliphatic rings. The monoisotopic (exact) mass is 359 g/mol. The van der Waals surface area contributed by atoms with Gasteiger partial charge in [0.05, 0.1) is 18.4 Å². The minimum atomic E-state index is 0.460. The average Bonchev–Trinajstić information content (AvgIpc) is 2.68. The lowest BCUT2D eigenvalue weighted by Gasteiger charge is -2.11. The van der Waals surface area contributed by atoms with Crippen LogP contribution in [0, 0.1) is 18.3 Å². The van der Waals surface area contributed by atoms with Crippen molar-refractivity contribution in [2.45, 2.75) is 13.3 Å². The first-order valence-electron chi connectivity index (χ1n) is 8.66. The summed E-state index contributed by atoms with van der Waals surface area (Å²) in [6, 6.07) is 19.4. The Morgan fingerprint density at radius 2 is 1.93 bits per heavy atom. The van der Waals surface area contributed by atoms with E-state index in [4.69, 9.17) is 4.74 Å². The largest absolute Gasteiger partial charge is 0.497 e. The smallest absolute Gasteiger partial charge is 0.229 e. The lowest BCUT2D eigenvalue weighted by molar-refractivity contribution is 0.414. The second-order valence-electron chi connectivity index (χ2n) is 6.03. The molecule has 0 amide bonds. The standard InChI is InChI=1S/C21H21N5O/c1-15-12-20(23-11-10-16-6-5-8-18(13-16)27-2)26-21(24-15)25-19-9-4-3-7-17(19)14-22/h3-9,12-13H,10-11H2,1-2H3,(H2,23,24,25,26). The molecular formula is C21H21N5O. The van der Waals surface area contributed by atoms with Crippen LogP contribution in [0.1, 0.15) is 16.8 Å². The average molecular weight is 359 g/mol. The van der Waals surface area contributed by atoms with E-state index >= 15 is 0 Å². The van der Waals surface area contributed by atoms with Gasteiger partial charge in [-0.3, -0.25) is 0 Å². The SMILES string of the molecule is COc1cccc(CCNc2cc(C)nc(Nc3ccccc3C#N)n2)c1. The van der Waals surface area contributed by atoms with Crippen LogP contribution in [-0.4, -0.2) is 23.6 Å². The van der Waals surface area contributed by atoms with Crippen molar-refractivity contribution in [2.24, 2.45) is 0 Å². The maximum atomic E-state index is 9.22. The van der Waals surface area contributed by atoms with Gasteiger partial charge >= 0.3 is 0 Å². The molecule has 27 heavy (non-hydrogen) atoms. The molecule has 0 bridgehead atoms. The molecular weight excluding hydrogens is 338 g/mol. The van der Waals surface area contributed by atoms with Crippen molar-refractivity contribution in [3.05, 3.63) is 71.4 Å². The predicted octanol–water partition coefficient (Wildman–Crippen LogP) is 4.06. The number of nitriles is 1. The highest BCUT2D eigenvalue weighted by molar-refractivity contribution is 5.63. The number of ether oxygens (including phenoxy) is 1. The number of aromatic nitrogens is 2. The molecule has 2 N–H and O–H groups in total. The number of methoxy groups -OCH3 is 1. The molecule has 1 aromatic heterocycles. The molecule has 0 aliphatic carbocycles. The Morgan fingerprint density at radius 1 is 1.07 bits per heavy atom. The van der Waals surface area contributed by atoms with Gasteiger partial charge in [-0.05, 0) is 43.2 Å². The number of benzene rings is 2. The molecule has 0 unspecified atom stereocenters. The molecule has 1 heterocycles. The minimum absolute atomic E-state index is 0.460. The number of rotatable bonds is 7. The molecule has 0 fully saturated rings. The molecule has 0 saturated carbocycles. The van der Waals surface area contributed by atoms with E-state index in [0.717, 1.165) is 30.2 Å². The molecule has 136 valence electrons. The lowest BCUT2D eigenvalue weighted by atomic mass is 10.1. The van der Waals surface area contributed by atoms with Crippen molar-refractivity contribution in [1.82, 2.24) is 9.97 Å². The van der Waals surface area contributed by atoms with Crippen molar-refractivity contribution >= 4 is 17.5 Å². The van der Waals surface area contributed by atoms with E-state index in [1.807, 2.05) is 49.4 Å². The molecule has 6 heteroatoms. The number of aryl methyl sites for hydroxylation is 1. The summed E-state index contributed by atoms with van der Waals surface area (Å²) in [7, 11) is 1.67. The van der Waals surface area contributed by atoms with E-state index in [1.165, 1.54) is 5.56 Å². The molecule has 0 spiro atoms. The van der Waals surface area contributed by atoms with E-state index in [9.17, 15) is 5.26 Å². The van der Waals surface area contributed by atoms with Crippen LogP contribution in [0.3, 0.4) is 0 Å². The van der Waals surface area contributed by atoms with Gasteiger partial charge < -0.3 is 15.4 Å². The summed E-state index contributed by atoms with van der Waals surface area (Å²) in [5.74, 6) is 2.05. The van der Waals surface area contributed by atoms with Crippen molar-refractivity contribution < 1.29 is 4.74 Å². The Kier molecular flexibility index (Phi) is 5.85. The zero-order valence-corrected chi connectivity index (χ0v) is 15.4. The van der Waals surface area contributed by atoms with Crippen molar-refractivity contribution in [2.75, 3.05) is 24.3 Å². The number of nitrogens with zero attached hydrogens (tertiary/aromatic N) is 3. The maximum Gasteiger partial charge on any atom is 0.229 e. The van der Waals surface area contributed by atoms with E-state index in [1.54, 1.807) is 13.2 Å². The fourth-order valence-corrected chi connectivity index (χ4v) is 2.69. The van der Waals surface area contributed by atoms with Crippen LogP contribution in [0.25, 0.3) is 0 Å². The Labute approximate surface area is 158 Å². The number of nitrogens with one attached hydrogen (secondary N) is 2. The van der Waals surface area contributed by atoms with Crippen molar-refractivity contribution in [3.63, 3.8) is 0 Å². The summed E-state index contributed by atoms with van der Waals surface area (Å²) >= 11 is 0. The van der Waals surface area contributed by atoms with Crippen molar-refractivity contribution in [1.29, 1.82) is 5.26 Å². The fourth-order valence-electron chi connectivity index (χ4n) is 2.69. The highest BCUT2D eigenvalue weighted by Gasteiger charge is 2.06. The lowest BCUT2D eigenvalue weighted by Crippen LogP contribution is -2.09. The predicted molar refractivity (Wildman–Crippen MR) is 106 cm³/mol. The first-order valence-corrected chi connectivity index (χ1v) is 8.66. The highest BCUT2D eigenvalue weighted by Crippen LogP contribution is 2.19. The number of hydrogen-bond acceptors (Lipinski definition) is 6. The number of hydrogen-bond donors (Lipinski definition) is 2. The van der Waals surface area contributed by atoms with Crippen molar-refractivity contribution in [3.8, 4) is 11.8 Å². The Hall–Kier alpha value is -3.59. The van der Waals surface area contributed by atoms with E-state index in [-0.39, 0.29) is 0 Å². The van der Waals surface area contributed by atoms with Gasteiger partial charge in [0.1, 0.15) is 17.6 Å². The van der Waals surface area contributed by atoms with Crippen LogP contribution >= 0.6 is 0 Å². The van der Waals surface area contributed by atoms with Gasteiger partial charge in [-0.25, -0.2) is 4.98 Å². The molecule has 3 rings (SSSR count). The van der Waals surface area contributed by atoms with Crippen LogP contribution in [-0.2, 0) is 6.42 Å². The van der Waals surface area contributed by atoms with E-state index < -0.39 is 0 Å². The Morgan fingerprint density at radius 3 is 2.74 bits per heavy atom. The van der Waals surface area contributed by atoms with Crippen LogP contribution in [0.2, 0.25) is 0 Å². The third-order valence-corrected chi connectivity index (χ3v) is 4.00. The summed E-state index contributed by atoms with van der Waals surface area (Å²) in [4.78, 5) is 8.91. The second kappa shape index (κ2) is 8.68. The van der Waals surface area contributed by atoms with Crippen LogP contribution in [0.4, 0.5) is 17.5 Å². The third kappa shape index (κ3) is 4.95. The summed E-state index contributed by atoms with van der Waals surface area (Å²) < 4.78 is 5.25. The Bertz CT molecular complexity index is 965. The summed E-state index contributed by atoms with van der Waals surface area (Å²) in [5.41, 5.74) is 3.27. The molecule has 3 aromatic rings. The summed E-state index contributed by atoms with van der Waals surface area (Å²) in [6.07, 6.45) is 0.847. The second-order valence-corrected chi connectivity index (χ2v) is 6.03. The maximum absolute atomic E-state index is 9.22. The van der Waals surface area contributed by atoms with Gasteiger partial charge in [0, 0.05) is 18.3 Å². The van der Waals surface area contributed by atoms with Crippen LogP contribution in [0.5, 0.6) is 5.75 Å². The molecule has 0 aliphatic heterocycles. The molecule has 0 saturated heterocycles. The van der Waals surface area contributed by atoms with Gasteiger partial charge in [0.25, 0.3) is 0 Å². The van der Waals surface area contributed by atoms with Crippen LogP contribution in [0.15, 0.2) is 54.6 Å². The first kappa shape index (κ1) is 18.2. The summed E-state index contributed by atoms with van der Waals surface area (Å²) in [5, 5.41) is 15.7. The number of anilines is 3. The van der Waals surface area contributed by atoms with Gasteiger partial charge in [-0.1, -0.05) is 24.3 Å². The highest BCUT2D eigenvalue weighted by atomic mass is 16.5. The Balaban J connectivity index is 1.67. The fraction of sp³-hybridized carbons (Fsp3) is 0.190. The summed E-state index contributed by atoms with van der Waals surface area (Å²) in [6.45, 7) is 2.65. The topological polar surface area (TPSA) is 82.9 Å². The third-order valence-electron chi connectivity index (χ3n) is 4.00. The number of para-hydroxylation sites is 1. The molecule has 0 radical (unpaired) electrons. The van der Waals surface area contributed by atoms with Gasteiger partial charge in [0.2, 0.25) is 5.95 Å². The molecule has 2 aromatic carbocycles. The normalized spacial score (nSPS) is 10.1. The zero-order chi connectivity index (χ0) is 19.1. The quantitative estimate of drug-likeness (QED) is 0.662. The van der Waals surface area contributed by atoms with Gasteiger partial charge in [-0.15, -0.1) is 0 Å². The van der Waals surface area contributed by atoms with Crippen LogP contribution < -0.4 is 15.4 Å².